The van der Waals surface area contributed by atoms with Gasteiger partial charge in [0.15, 0.2) is 0 Å². The smallest absolute Gasteiger partial charge is 0.210 e. The predicted molar refractivity (Wildman–Crippen MR) is 60.6 cm³/mol. The fourth-order valence-electron chi connectivity index (χ4n) is 1.92. The van der Waals surface area contributed by atoms with Crippen molar-refractivity contribution >= 4 is 18.2 Å². The summed E-state index contributed by atoms with van der Waals surface area (Å²) in [4.78, 5) is 13.8. The number of hydrogen-bond donors (Lipinski definition) is 0. The molecule has 3 heteroatoms. The summed E-state index contributed by atoms with van der Waals surface area (Å²) in [6.45, 7) is 1.57. The van der Waals surface area contributed by atoms with Crippen LogP contribution in [0, 0.1) is 0 Å². The van der Waals surface area contributed by atoms with E-state index in [-0.39, 0.29) is 0 Å². The molecule has 0 saturated heterocycles. The molecule has 0 aromatic heterocycles. The molecule has 1 amide bonds. The van der Waals surface area contributed by atoms with Crippen LogP contribution < -0.4 is 0 Å². The van der Waals surface area contributed by atoms with Crippen molar-refractivity contribution in [1.82, 2.24) is 4.90 Å². The van der Waals surface area contributed by atoms with Gasteiger partial charge < -0.3 is 4.90 Å². The number of amides is 1. The molecule has 0 spiro atoms. The van der Waals surface area contributed by atoms with E-state index in [0.29, 0.717) is 0 Å². The summed E-state index contributed by atoms with van der Waals surface area (Å²) in [5.41, 5.74) is 2.63. The maximum Gasteiger partial charge on any atom is 0.210 e. The Labute approximate surface area is 93.7 Å². The highest BCUT2D eigenvalue weighted by atomic mass is 32.2. The SMILES string of the molecule is O=CN1Cc2ccc(SC3CC3)cc2C1. The fourth-order valence-corrected chi connectivity index (χ4v) is 3.04. The Morgan fingerprint density at radius 2 is 2.07 bits per heavy atom. The van der Waals surface area contributed by atoms with Gasteiger partial charge in [-0.1, -0.05) is 6.07 Å². The van der Waals surface area contributed by atoms with Gasteiger partial charge in [0.1, 0.15) is 0 Å². The summed E-state index contributed by atoms with van der Waals surface area (Å²) < 4.78 is 0. The minimum Gasteiger partial charge on any atom is -0.337 e. The topological polar surface area (TPSA) is 20.3 Å². The molecule has 15 heavy (non-hydrogen) atoms. The first-order chi connectivity index (χ1) is 7.35. The summed E-state index contributed by atoms with van der Waals surface area (Å²) in [5, 5.41) is 0.853. The third kappa shape index (κ3) is 1.88. The van der Waals surface area contributed by atoms with Gasteiger partial charge in [0.25, 0.3) is 0 Å². The highest BCUT2D eigenvalue weighted by Crippen LogP contribution is 2.40. The number of benzene rings is 1. The molecule has 1 aliphatic carbocycles. The Hall–Kier alpha value is -0.960. The Balaban J connectivity index is 1.81. The number of rotatable bonds is 3. The van der Waals surface area contributed by atoms with Crippen LogP contribution in [-0.4, -0.2) is 16.6 Å². The second-order valence-corrected chi connectivity index (χ2v) is 5.63. The molecule has 0 unspecified atom stereocenters. The zero-order chi connectivity index (χ0) is 10.3. The molecule has 1 heterocycles. The highest BCUT2D eigenvalue weighted by Gasteiger charge is 2.23. The zero-order valence-corrected chi connectivity index (χ0v) is 9.30. The maximum absolute atomic E-state index is 10.7. The normalized spacial score (nSPS) is 19.1. The van der Waals surface area contributed by atoms with E-state index < -0.39 is 0 Å². The first-order valence-corrected chi connectivity index (χ1v) is 6.21. The van der Waals surface area contributed by atoms with Gasteiger partial charge in [0.05, 0.1) is 0 Å². The number of hydrogen-bond acceptors (Lipinski definition) is 2. The lowest BCUT2D eigenvalue weighted by molar-refractivity contribution is -0.118. The molecule has 2 aliphatic rings. The lowest BCUT2D eigenvalue weighted by Crippen LogP contribution is -2.12. The van der Waals surface area contributed by atoms with Crippen LogP contribution in [0.15, 0.2) is 23.1 Å². The molecule has 78 valence electrons. The summed E-state index contributed by atoms with van der Waals surface area (Å²) in [6, 6.07) is 6.61. The molecular weight excluding hydrogens is 206 g/mol. The van der Waals surface area contributed by atoms with Crippen molar-refractivity contribution in [2.45, 2.75) is 36.1 Å². The Morgan fingerprint density at radius 1 is 1.27 bits per heavy atom. The molecule has 0 bridgehead atoms. The van der Waals surface area contributed by atoms with Crippen LogP contribution in [0.4, 0.5) is 0 Å². The zero-order valence-electron chi connectivity index (χ0n) is 8.48. The standard InChI is InChI=1S/C12H13NOS/c14-8-13-6-9-1-2-12(5-10(9)7-13)15-11-3-4-11/h1-2,5,8,11H,3-4,6-7H2. The van der Waals surface area contributed by atoms with Gasteiger partial charge in [-0.05, 0) is 36.1 Å². The van der Waals surface area contributed by atoms with E-state index in [1.807, 2.05) is 16.7 Å². The third-order valence-corrected chi connectivity index (χ3v) is 4.23. The number of thioether (sulfide) groups is 1. The minimum atomic E-state index is 0.785. The number of fused-ring (bicyclic) bond motifs is 1. The van der Waals surface area contributed by atoms with E-state index in [1.165, 1.54) is 28.9 Å². The van der Waals surface area contributed by atoms with Gasteiger partial charge in [-0.3, -0.25) is 4.79 Å². The number of carbonyl (C=O) groups is 1. The van der Waals surface area contributed by atoms with E-state index in [4.69, 9.17) is 0 Å². The van der Waals surface area contributed by atoms with Crippen LogP contribution in [-0.2, 0) is 17.9 Å². The summed E-state index contributed by atoms with van der Waals surface area (Å²) in [5.74, 6) is 0. The Kier molecular flexibility index (Phi) is 2.20. The lowest BCUT2D eigenvalue weighted by atomic mass is 10.1. The molecule has 1 saturated carbocycles. The Morgan fingerprint density at radius 3 is 2.80 bits per heavy atom. The van der Waals surface area contributed by atoms with Gasteiger partial charge in [-0.2, -0.15) is 0 Å². The van der Waals surface area contributed by atoms with Crippen LogP contribution in [0.5, 0.6) is 0 Å². The van der Waals surface area contributed by atoms with Crippen LogP contribution in [0.2, 0.25) is 0 Å². The van der Waals surface area contributed by atoms with Crippen molar-refractivity contribution in [3.8, 4) is 0 Å². The molecule has 1 aromatic rings. The quantitative estimate of drug-likeness (QED) is 0.728. The van der Waals surface area contributed by atoms with E-state index in [2.05, 4.69) is 18.2 Å². The molecule has 1 aromatic carbocycles. The predicted octanol–water partition coefficient (Wildman–Crippen LogP) is 2.41. The molecule has 0 atom stereocenters. The second-order valence-electron chi connectivity index (χ2n) is 4.26. The van der Waals surface area contributed by atoms with Crippen molar-refractivity contribution in [3.63, 3.8) is 0 Å². The van der Waals surface area contributed by atoms with Gasteiger partial charge >= 0.3 is 0 Å². The fraction of sp³-hybridized carbons (Fsp3) is 0.417. The average molecular weight is 219 g/mol. The van der Waals surface area contributed by atoms with Gasteiger partial charge in [-0.25, -0.2) is 0 Å². The van der Waals surface area contributed by atoms with Crippen molar-refractivity contribution in [2.75, 3.05) is 0 Å². The van der Waals surface area contributed by atoms with Crippen LogP contribution in [0.25, 0.3) is 0 Å². The van der Waals surface area contributed by atoms with Crippen molar-refractivity contribution in [1.29, 1.82) is 0 Å². The first-order valence-electron chi connectivity index (χ1n) is 5.33. The monoisotopic (exact) mass is 219 g/mol. The minimum absolute atomic E-state index is 0.785. The molecule has 0 radical (unpaired) electrons. The molecule has 0 N–H and O–H groups in total. The second kappa shape index (κ2) is 3.56. The largest absolute Gasteiger partial charge is 0.337 e. The summed E-state index contributed by atoms with van der Waals surface area (Å²) in [6.07, 6.45) is 3.66. The van der Waals surface area contributed by atoms with E-state index in [9.17, 15) is 4.79 Å². The van der Waals surface area contributed by atoms with Crippen LogP contribution in [0.3, 0.4) is 0 Å². The average Bonchev–Trinajstić information content (AvgIpc) is 2.96. The van der Waals surface area contributed by atoms with Gasteiger partial charge in [0.2, 0.25) is 6.41 Å². The van der Waals surface area contributed by atoms with Crippen LogP contribution >= 0.6 is 11.8 Å². The van der Waals surface area contributed by atoms with E-state index in [1.54, 1.807) is 0 Å². The molecule has 1 aliphatic heterocycles. The summed E-state index contributed by atoms with van der Waals surface area (Å²) in [7, 11) is 0. The van der Waals surface area contributed by atoms with Gasteiger partial charge in [-0.15, -0.1) is 11.8 Å². The van der Waals surface area contributed by atoms with Crippen molar-refractivity contribution < 1.29 is 4.79 Å². The Bertz CT molecular complexity index is 401. The van der Waals surface area contributed by atoms with E-state index >= 15 is 0 Å². The lowest BCUT2D eigenvalue weighted by Gasteiger charge is -2.04. The molecular formula is C12H13NOS. The molecule has 3 rings (SSSR count). The maximum atomic E-state index is 10.7. The van der Waals surface area contributed by atoms with Gasteiger partial charge in [0, 0.05) is 23.2 Å². The van der Waals surface area contributed by atoms with Crippen LogP contribution in [0.1, 0.15) is 24.0 Å². The summed E-state index contributed by atoms with van der Waals surface area (Å²) >= 11 is 1.98. The molecule has 2 nitrogen and oxygen atoms in total. The molecule has 1 fully saturated rings. The number of carbonyl (C=O) groups excluding carboxylic acids is 1. The van der Waals surface area contributed by atoms with E-state index in [0.717, 1.165) is 24.7 Å². The van der Waals surface area contributed by atoms with Crippen molar-refractivity contribution in [3.05, 3.63) is 29.3 Å². The first kappa shape index (κ1) is 9.28. The highest BCUT2D eigenvalue weighted by molar-refractivity contribution is 8.00. The third-order valence-electron chi connectivity index (χ3n) is 2.90. The number of nitrogens with zero attached hydrogens (tertiary/aromatic N) is 1. The van der Waals surface area contributed by atoms with Crippen molar-refractivity contribution in [2.24, 2.45) is 0 Å².